The first-order valence-electron chi connectivity index (χ1n) is 1.77. The SMILES string of the molecule is C#C[Si](C)(Cl)C#C. The maximum absolute atomic E-state index is 5.57. The Morgan fingerprint density at radius 1 is 1.43 bits per heavy atom. The van der Waals surface area contributed by atoms with Crippen molar-refractivity contribution in [2.75, 3.05) is 0 Å². The predicted octanol–water partition coefficient (Wildman–Crippen LogP) is 1.15. The van der Waals surface area contributed by atoms with Gasteiger partial charge in [-0.2, -0.15) is 0 Å². The molecule has 0 rings (SSSR count). The lowest BCUT2D eigenvalue weighted by Gasteiger charge is -1.96. The van der Waals surface area contributed by atoms with Crippen LogP contribution in [0.1, 0.15) is 0 Å². The summed E-state index contributed by atoms with van der Waals surface area (Å²) in [4.78, 5) is 0. The van der Waals surface area contributed by atoms with E-state index in [-0.39, 0.29) is 0 Å². The zero-order valence-electron chi connectivity index (χ0n) is 4.03. The smallest absolute Gasteiger partial charge is 0.133 e. The van der Waals surface area contributed by atoms with Gasteiger partial charge in [0.15, 0.2) is 0 Å². The largest absolute Gasteiger partial charge is 0.304 e. The normalized spacial score (nSPS) is 9.14. The molecule has 0 amide bonds. The van der Waals surface area contributed by atoms with Crippen LogP contribution >= 0.6 is 11.1 Å². The van der Waals surface area contributed by atoms with Gasteiger partial charge >= 0.3 is 7.38 Å². The lowest BCUT2D eigenvalue weighted by atomic mass is 11.4. The highest BCUT2D eigenvalue weighted by molar-refractivity contribution is 7.28. The summed E-state index contributed by atoms with van der Waals surface area (Å²) >= 11 is 5.57. The minimum atomic E-state index is -2.12. The first-order valence-corrected chi connectivity index (χ1v) is 5.28. The van der Waals surface area contributed by atoms with Crippen LogP contribution in [0.5, 0.6) is 0 Å². The average molecular weight is 129 g/mol. The molecule has 0 saturated heterocycles. The van der Waals surface area contributed by atoms with Crippen LogP contribution in [-0.4, -0.2) is 7.38 Å². The van der Waals surface area contributed by atoms with Gasteiger partial charge in [0.05, 0.1) is 0 Å². The zero-order valence-corrected chi connectivity index (χ0v) is 5.79. The Labute approximate surface area is 49.6 Å². The summed E-state index contributed by atoms with van der Waals surface area (Å²) in [6.45, 7) is 1.73. The summed E-state index contributed by atoms with van der Waals surface area (Å²) in [6.07, 6.45) is 9.91. The maximum Gasteiger partial charge on any atom is 0.304 e. The van der Waals surface area contributed by atoms with Gasteiger partial charge in [0.2, 0.25) is 0 Å². The maximum atomic E-state index is 5.57. The van der Waals surface area contributed by atoms with E-state index in [1.54, 1.807) is 6.55 Å². The van der Waals surface area contributed by atoms with Crippen molar-refractivity contribution >= 4 is 18.5 Å². The van der Waals surface area contributed by atoms with Crippen molar-refractivity contribution in [2.45, 2.75) is 6.55 Å². The number of halogens is 1. The van der Waals surface area contributed by atoms with Crippen molar-refractivity contribution in [1.82, 2.24) is 0 Å². The standard InChI is InChI=1S/C5H5ClSi/c1-4-7(3,6)5-2/h1-2H,3H3. The molecule has 0 aromatic carbocycles. The van der Waals surface area contributed by atoms with Crippen LogP contribution in [0.4, 0.5) is 0 Å². The fourth-order valence-electron chi connectivity index (χ4n) is 0.0417. The molecule has 0 aliphatic rings. The summed E-state index contributed by atoms with van der Waals surface area (Å²) in [7, 11) is -2.12. The van der Waals surface area contributed by atoms with Crippen LogP contribution in [0.15, 0.2) is 0 Å². The lowest BCUT2D eigenvalue weighted by molar-refractivity contribution is 2.19. The third kappa shape index (κ3) is 2.34. The van der Waals surface area contributed by atoms with Crippen molar-refractivity contribution in [3.05, 3.63) is 0 Å². The molecule has 0 aromatic heterocycles. The molecule has 0 spiro atoms. The Morgan fingerprint density at radius 2 is 1.71 bits per heavy atom. The monoisotopic (exact) mass is 128 g/mol. The van der Waals surface area contributed by atoms with Gasteiger partial charge in [-0.25, -0.2) is 0 Å². The molecule has 0 N–H and O–H groups in total. The Morgan fingerprint density at radius 3 is 1.71 bits per heavy atom. The minimum absolute atomic E-state index is 1.73. The Balaban J connectivity index is 4.00. The fraction of sp³-hybridized carbons (Fsp3) is 0.200. The van der Waals surface area contributed by atoms with Gasteiger partial charge in [0.1, 0.15) is 0 Å². The van der Waals surface area contributed by atoms with Crippen LogP contribution in [0.2, 0.25) is 6.55 Å². The molecule has 0 aromatic rings. The molecule has 0 unspecified atom stereocenters. The van der Waals surface area contributed by atoms with Crippen molar-refractivity contribution < 1.29 is 0 Å². The average Bonchev–Trinajstić information content (AvgIpc) is 1.68. The molecular weight excluding hydrogens is 124 g/mol. The second-order valence-corrected chi connectivity index (χ2v) is 6.14. The van der Waals surface area contributed by atoms with E-state index >= 15 is 0 Å². The van der Waals surface area contributed by atoms with E-state index in [1.165, 1.54) is 0 Å². The summed E-state index contributed by atoms with van der Waals surface area (Å²) in [5, 5.41) is 0. The fourth-order valence-corrected chi connectivity index (χ4v) is 0.125. The van der Waals surface area contributed by atoms with Gasteiger partial charge in [0.25, 0.3) is 0 Å². The predicted molar refractivity (Wildman–Crippen MR) is 35.1 cm³/mol. The van der Waals surface area contributed by atoms with Crippen molar-refractivity contribution in [2.24, 2.45) is 0 Å². The third-order valence-corrected chi connectivity index (χ3v) is 2.28. The molecule has 7 heavy (non-hydrogen) atoms. The lowest BCUT2D eigenvalue weighted by Crippen LogP contribution is -2.15. The van der Waals surface area contributed by atoms with E-state index in [4.69, 9.17) is 23.9 Å². The van der Waals surface area contributed by atoms with Crippen LogP contribution in [0, 0.1) is 23.9 Å². The Hall–Kier alpha value is -0.373. The molecule has 0 fully saturated rings. The number of rotatable bonds is 0. The van der Waals surface area contributed by atoms with Gasteiger partial charge in [-0.1, -0.05) is 0 Å². The molecule has 0 bridgehead atoms. The quantitative estimate of drug-likeness (QED) is 0.261. The molecule has 0 radical (unpaired) electrons. The Kier molecular flexibility index (Phi) is 1.96. The van der Waals surface area contributed by atoms with Crippen LogP contribution in [0.25, 0.3) is 0 Å². The molecule has 0 heterocycles. The van der Waals surface area contributed by atoms with E-state index in [9.17, 15) is 0 Å². The van der Waals surface area contributed by atoms with Gasteiger partial charge < -0.3 is 0 Å². The van der Waals surface area contributed by atoms with Crippen LogP contribution < -0.4 is 0 Å². The van der Waals surface area contributed by atoms with Gasteiger partial charge in [-0.3, -0.25) is 0 Å². The van der Waals surface area contributed by atoms with Crippen molar-refractivity contribution in [1.29, 1.82) is 0 Å². The van der Waals surface area contributed by atoms with E-state index in [0.29, 0.717) is 0 Å². The van der Waals surface area contributed by atoms with Gasteiger partial charge in [-0.05, 0) is 6.55 Å². The van der Waals surface area contributed by atoms with Crippen LogP contribution in [-0.2, 0) is 0 Å². The molecule has 0 nitrogen and oxygen atoms in total. The number of terminal acetylenes is 2. The zero-order chi connectivity index (χ0) is 5.91. The third-order valence-electron chi connectivity index (χ3n) is 0.542. The summed E-state index contributed by atoms with van der Waals surface area (Å²) in [5.74, 6) is 0. The minimum Gasteiger partial charge on any atom is -0.133 e. The summed E-state index contributed by atoms with van der Waals surface area (Å²) in [6, 6.07) is 0. The van der Waals surface area contributed by atoms with Crippen molar-refractivity contribution in [3.63, 3.8) is 0 Å². The molecule has 36 valence electrons. The molecule has 2 heteroatoms. The highest BCUT2D eigenvalue weighted by atomic mass is 35.6. The molecule has 0 atom stereocenters. The van der Waals surface area contributed by atoms with Gasteiger partial charge in [-0.15, -0.1) is 35.0 Å². The highest BCUT2D eigenvalue weighted by Gasteiger charge is 2.15. The number of hydrogen-bond donors (Lipinski definition) is 0. The number of hydrogen-bond acceptors (Lipinski definition) is 0. The first-order chi connectivity index (χ1) is 3.12. The second-order valence-electron chi connectivity index (χ2n) is 1.29. The summed E-state index contributed by atoms with van der Waals surface area (Å²) in [5.41, 5.74) is 4.72. The molecule has 0 saturated carbocycles. The van der Waals surface area contributed by atoms with E-state index in [0.717, 1.165) is 0 Å². The molecule has 0 aliphatic heterocycles. The molecule has 0 aliphatic carbocycles. The topological polar surface area (TPSA) is 0 Å². The second kappa shape index (κ2) is 2.07. The summed E-state index contributed by atoms with van der Waals surface area (Å²) < 4.78 is 0. The van der Waals surface area contributed by atoms with E-state index in [1.807, 2.05) is 0 Å². The van der Waals surface area contributed by atoms with E-state index in [2.05, 4.69) is 11.1 Å². The van der Waals surface area contributed by atoms with Crippen LogP contribution in [0.3, 0.4) is 0 Å². The van der Waals surface area contributed by atoms with E-state index < -0.39 is 7.38 Å². The first kappa shape index (κ1) is 6.63. The van der Waals surface area contributed by atoms with Gasteiger partial charge in [0, 0.05) is 0 Å². The van der Waals surface area contributed by atoms with Crippen molar-refractivity contribution in [3.8, 4) is 23.9 Å². The highest BCUT2D eigenvalue weighted by Crippen LogP contribution is 2.02. The molecular formula is C5H5ClSi. The Bertz CT molecular complexity index is 119.